The molecular formula is C23H18ClN. The molecule has 122 valence electrons. The van der Waals surface area contributed by atoms with Gasteiger partial charge in [0.15, 0.2) is 0 Å². The number of nitrogens with one attached hydrogen (secondary N) is 1. The second-order valence-corrected chi connectivity index (χ2v) is 6.47. The van der Waals surface area contributed by atoms with Crippen LogP contribution in [0.15, 0.2) is 103 Å². The largest absolute Gasteiger partial charge is 0.367 e. The Hall–Kier alpha value is -2.77. The molecule has 1 aromatic heterocycles. The first-order valence-electron chi connectivity index (χ1n) is 8.33. The summed E-state index contributed by atoms with van der Waals surface area (Å²) < 4.78 is 0. The van der Waals surface area contributed by atoms with E-state index in [1.54, 1.807) is 0 Å². The Morgan fingerprint density at radius 1 is 0.600 bits per heavy atom. The number of aromatic nitrogens is 1. The van der Waals surface area contributed by atoms with Crippen molar-refractivity contribution in [3.8, 4) is 0 Å². The van der Waals surface area contributed by atoms with E-state index in [4.69, 9.17) is 11.6 Å². The van der Waals surface area contributed by atoms with E-state index in [0.29, 0.717) is 0 Å². The molecule has 1 N–H and O–H groups in total. The van der Waals surface area contributed by atoms with E-state index in [0.717, 1.165) is 16.1 Å². The van der Waals surface area contributed by atoms with Gasteiger partial charge in [0, 0.05) is 17.4 Å². The number of rotatable bonds is 4. The van der Waals surface area contributed by atoms with Crippen LogP contribution in [0.25, 0.3) is 0 Å². The molecule has 0 unspecified atom stereocenters. The number of hydrogen-bond donors (Lipinski definition) is 1. The molecule has 0 amide bonds. The monoisotopic (exact) mass is 343 g/mol. The summed E-state index contributed by atoms with van der Waals surface area (Å²) in [6.07, 6.45) is 4.02. The average molecular weight is 344 g/mol. The standard InChI is InChI=1S/C23H18ClN/c24-22-14-8-7-13-21(22)23(20-15-16-25-17-20,18-9-3-1-4-10-18)19-11-5-2-6-12-19/h1-17,25H. The van der Waals surface area contributed by atoms with E-state index in [2.05, 4.69) is 77.9 Å². The number of aromatic amines is 1. The summed E-state index contributed by atoms with van der Waals surface area (Å²) in [4.78, 5) is 3.22. The summed E-state index contributed by atoms with van der Waals surface area (Å²) in [5.41, 5.74) is 4.15. The zero-order chi connectivity index (χ0) is 17.1. The smallest absolute Gasteiger partial charge is 0.0730 e. The maximum absolute atomic E-state index is 6.72. The lowest BCUT2D eigenvalue weighted by atomic mass is 9.66. The Morgan fingerprint density at radius 2 is 1.16 bits per heavy atom. The van der Waals surface area contributed by atoms with Crippen molar-refractivity contribution < 1.29 is 0 Å². The molecule has 0 atom stereocenters. The fourth-order valence-corrected chi connectivity index (χ4v) is 3.94. The van der Waals surface area contributed by atoms with E-state index < -0.39 is 5.41 Å². The molecule has 4 rings (SSSR count). The van der Waals surface area contributed by atoms with E-state index in [1.807, 2.05) is 30.5 Å². The minimum Gasteiger partial charge on any atom is -0.367 e. The van der Waals surface area contributed by atoms with E-state index in [1.165, 1.54) is 11.1 Å². The summed E-state index contributed by atoms with van der Waals surface area (Å²) in [6.45, 7) is 0. The van der Waals surface area contributed by atoms with Crippen molar-refractivity contribution in [3.05, 3.63) is 131 Å². The molecule has 3 aromatic carbocycles. The van der Waals surface area contributed by atoms with E-state index in [9.17, 15) is 0 Å². The van der Waals surface area contributed by atoms with Crippen molar-refractivity contribution in [2.45, 2.75) is 5.41 Å². The third-order valence-electron chi connectivity index (χ3n) is 4.72. The third kappa shape index (κ3) is 2.57. The topological polar surface area (TPSA) is 15.8 Å². The van der Waals surface area contributed by atoms with Crippen molar-refractivity contribution >= 4 is 11.6 Å². The van der Waals surface area contributed by atoms with Gasteiger partial charge in [0.05, 0.1) is 5.41 Å². The maximum atomic E-state index is 6.72. The van der Waals surface area contributed by atoms with Gasteiger partial charge in [-0.3, -0.25) is 0 Å². The molecule has 0 fully saturated rings. The molecule has 4 aromatic rings. The van der Waals surface area contributed by atoms with Crippen molar-refractivity contribution in [1.82, 2.24) is 4.98 Å². The van der Waals surface area contributed by atoms with Crippen LogP contribution < -0.4 is 0 Å². The number of halogens is 1. The molecule has 2 heteroatoms. The van der Waals surface area contributed by atoms with Crippen LogP contribution in [0.1, 0.15) is 22.3 Å². The second kappa shape index (κ2) is 6.62. The van der Waals surface area contributed by atoms with Gasteiger partial charge in [-0.25, -0.2) is 0 Å². The molecule has 0 saturated heterocycles. The predicted molar refractivity (Wildman–Crippen MR) is 104 cm³/mol. The summed E-state index contributed by atoms with van der Waals surface area (Å²) in [6, 6.07) is 31.3. The van der Waals surface area contributed by atoms with Crippen LogP contribution in [0.3, 0.4) is 0 Å². The predicted octanol–water partition coefficient (Wildman–Crippen LogP) is 6.05. The van der Waals surface area contributed by atoms with Crippen LogP contribution in [-0.4, -0.2) is 4.98 Å². The lowest BCUT2D eigenvalue weighted by Gasteiger charge is -2.36. The van der Waals surface area contributed by atoms with Gasteiger partial charge in [-0.2, -0.15) is 0 Å². The van der Waals surface area contributed by atoms with Gasteiger partial charge in [0.25, 0.3) is 0 Å². The fourth-order valence-electron chi connectivity index (χ4n) is 3.67. The Labute approximate surface area is 152 Å². The van der Waals surface area contributed by atoms with E-state index >= 15 is 0 Å². The van der Waals surface area contributed by atoms with Gasteiger partial charge in [-0.05, 0) is 34.4 Å². The SMILES string of the molecule is Clc1ccccc1C(c1ccccc1)(c1ccccc1)c1cc[nH]c1. The molecule has 0 aliphatic heterocycles. The van der Waals surface area contributed by atoms with Crippen LogP contribution in [0.2, 0.25) is 5.02 Å². The Kier molecular flexibility index (Phi) is 4.17. The normalized spacial score (nSPS) is 11.4. The van der Waals surface area contributed by atoms with Crippen molar-refractivity contribution in [2.24, 2.45) is 0 Å². The highest BCUT2D eigenvalue weighted by atomic mass is 35.5. The number of H-pyrrole nitrogens is 1. The summed E-state index contributed by atoms with van der Waals surface area (Å²) >= 11 is 6.72. The molecule has 1 heterocycles. The molecule has 25 heavy (non-hydrogen) atoms. The van der Waals surface area contributed by atoms with Gasteiger partial charge in [-0.15, -0.1) is 0 Å². The van der Waals surface area contributed by atoms with E-state index in [-0.39, 0.29) is 0 Å². The number of hydrogen-bond acceptors (Lipinski definition) is 0. The highest BCUT2D eigenvalue weighted by molar-refractivity contribution is 6.31. The Balaban J connectivity index is 2.15. The third-order valence-corrected chi connectivity index (χ3v) is 5.05. The van der Waals surface area contributed by atoms with Crippen LogP contribution in [0, 0.1) is 0 Å². The van der Waals surface area contributed by atoms with Crippen LogP contribution in [0.4, 0.5) is 0 Å². The van der Waals surface area contributed by atoms with Crippen molar-refractivity contribution in [1.29, 1.82) is 0 Å². The van der Waals surface area contributed by atoms with Crippen LogP contribution >= 0.6 is 11.6 Å². The first-order chi connectivity index (χ1) is 12.3. The highest BCUT2D eigenvalue weighted by Gasteiger charge is 2.39. The maximum Gasteiger partial charge on any atom is 0.0730 e. The van der Waals surface area contributed by atoms with Crippen molar-refractivity contribution in [2.75, 3.05) is 0 Å². The Morgan fingerprint density at radius 3 is 1.68 bits per heavy atom. The molecule has 0 spiro atoms. The zero-order valence-corrected chi connectivity index (χ0v) is 14.4. The highest BCUT2D eigenvalue weighted by Crippen LogP contribution is 2.47. The second-order valence-electron chi connectivity index (χ2n) is 6.06. The minimum atomic E-state index is -0.471. The fraction of sp³-hybridized carbons (Fsp3) is 0.0435. The van der Waals surface area contributed by atoms with Gasteiger partial charge < -0.3 is 4.98 Å². The molecule has 0 aliphatic carbocycles. The lowest BCUT2D eigenvalue weighted by molar-refractivity contribution is 0.746. The summed E-state index contributed by atoms with van der Waals surface area (Å²) in [5.74, 6) is 0. The zero-order valence-electron chi connectivity index (χ0n) is 13.7. The minimum absolute atomic E-state index is 0.471. The molecule has 0 bridgehead atoms. The van der Waals surface area contributed by atoms with Crippen LogP contribution in [-0.2, 0) is 5.41 Å². The van der Waals surface area contributed by atoms with Gasteiger partial charge in [0.1, 0.15) is 0 Å². The Bertz CT molecular complexity index is 904. The first-order valence-corrected chi connectivity index (χ1v) is 8.70. The molecule has 1 nitrogen and oxygen atoms in total. The first kappa shape index (κ1) is 15.7. The molecule has 0 radical (unpaired) electrons. The van der Waals surface area contributed by atoms with Crippen LogP contribution in [0.5, 0.6) is 0 Å². The van der Waals surface area contributed by atoms with Gasteiger partial charge in [-0.1, -0.05) is 90.5 Å². The van der Waals surface area contributed by atoms with Gasteiger partial charge >= 0.3 is 0 Å². The lowest BCUT2D eigenvalue weighted by Crippen LogP contribution is -2.30. The average Bonchev–Trinajstić information content (AvgIpc) is 3.21. The molecular weight excluding hydrogens is 326 g/mol. The van der Waals surface area contributed by atoms with Gasteiger partial charge in [0.2, 0.25) is 0 Å². The number of benzene rings is 3. The molecule has 0 saturated carbocycles. The summed E-state index contributed by atoms with van der Waals surface area (Å²) in [5, 5.41) is 0.761. The summed E-state index contributed by atoms with van der Waals surface area (Å²) in [7, 11) is 0. The molecule has 0 aliphatic rings. The quantitative estimate of drug-likeness (QED) is 0.434. The van der Waals surface area contributed by atoms with Crippen molar-refractivity contribution in [3.63, 3.8) is 0 Å².